The summed E-state index contributed by atoms with van der Waals surface area (Å²) in [6.07, 6.45) is 5.81. The Bertz CT molecular complexity index is 1470. The first-order valence-corrected chi connectivity index (χ1v) is 12.9. The summed E-state index contributed by atoms with van der Waals surface area (Å²) in [5.74, 6) is 1.27. The fourth-order valence-corrected chi connectivity index (χ4v) is 5.51. The van der Waals surface area contributed by atoms with Gasteiger partial charge in [-0.3, -0.25) is 9.69 Å². The van der Waals surface area contributed by atoms with Gasteiger partial charge in [-0.15, -0.1) is 0 Å². The number of aldehydes is 1. The van der Waals surface area contributed by atoms with Crippen molar-refractivity contribution in [2.24, 2.45) is 0 Å². The van der Waals surface area contributed by atoms with Gasteiger partial charge in [-0.2, -0.15) is 0 Å². The number of fused-ring (bicyclic) bond motifs is 1. The van der Waals surface area contributed by atoms with Gasteiger partial charge in [0.15, 0.2) is 23.5 Å². The molecule has 6 rings (SSSR count). The smallest absolute Gasteiger partial charge is 0.278 e. The molecule has 4 heterocycles. The van der Waals surface area contributed by atoms with Gasteiger partial charge in [-0.05, 0) is 56.1 Å². The fraction of sp³-hybridized carbons (Fsp3) is 0.321. The number of piperidine rings is 1. The maximum atomic E-state index is 14.7. The molecular formula is C28H26ClFN4O4. The van der Waals surface area contributed by atoms with Crippen LogP contribution in [-0.4, -0.2) is 39.0 Å². The minimum Gasteiger partial charge on any atom is -0.444 e. The number of carbonyl (C=O) groups is 1. The summed E-state index contributed by atoms with van der Waals surface area (Å²) >= 11 is 5.94. The summed E-state index contributed by atoms with van der Waals surface area (Å²) < 4.78 is 34.3. The molecule has 1 atom stereocenters. The van der Waals surface area contributed by atoms with Crippen LogP contribution in [0.2, 0.25) is 5.02 Å². The Labute approximate surface area is 223 Å². The van der Waals surface area contributed by atoms with Gasteiger partial charge in [0.2, 0.25) is 0 Å². The van der Waals surface area contributed by atoms with Crippen LogP contribution in [0.4, 0.5) is 4.39 Å². The first-order chi connectivity index (χ1) is 18.4. The van der Waals surface area contributed by atoms with E-state index >= 15 is 0 Å². The lowest BCUT2D eigenvalue weighted by molar-refractivity contribution is -0.0712. The lowest BCUT2D eigenvalue weighted by atomic mass is 9.88. The summed E-state index contributed by atoms with van der Waals surface area (Å²) in [7, 11) is 0. The molecule has 2 aliphatic rings. The van der Waals surface area contributed by atoms with E-state index in [2.05, 4.69) is 21.1 Å². The first kappa shape index (κ1) is 24.6. The van der Waals surface area contributed by atoms with Crippen molar-refractivity contribution in [2.75, 3.05) is 13.1 Å². The van der Waals surface area contributed by atoms with Crippen molar-refractivity contribution in [3.05, 3.63) is 94.1 Å². The first-order valence-electron chi connectivity index (χ1n) is 12.5. The molecule has 2 aromatic carbocycles. The second-order valence-corrected chi connectivity index (χ2v) is 10.2. The zero-order valence-corrected chi connectivity index (χ0v) is 21.5. The minimum atomic E-state index is -1.27. The molecule has 0 radical (unpaired) electrons. The maximum Gasteiger partial charge on any atom is 0.278 e. The van der Waals surface area contributed by atoms with E-state index in [1.807, 2.05) is 16.7 Å². The summed E-state index contributed by atoms with van der Waals surface area (Å²) in [6, 6.07) is 12.1. The van der Waals surface area contributed by atoms with E-state index in [4.69, 9.17) is 25.6 Å². The van der Waals surface area contributed by atoms with Crippen LogP contribution in [-0.2, 0) is 18.9 Å². The van der Waals surface area contributed by atoms with Crippen LogP contribution in [0.1, 0.15) is 58.9 Å². The zero-order chi connectivity index (χ0) is 26.3. The molecule has 1 saturated heterocycles. The number of imidazole rings is 1. The van der Waals surface area contributed by atoms with Crippen LogP contribution in [0.15, 0.2) is 59.4 Å². The average molecular weight is 537 g/mol. The Morgan fingerprint density at radius 1 is 1.16 bits per heavy atom. The number of halogens is 2. The molecule has 0 N–H and O–H groups in total. The standard InChI is InChI=1S/C28H26ClFN4O4/c1-28(23-6-5-19(29)13-24(23)30)36-25-4-2-3-22(27(25)37-28)18-8-11-33(12-9-18)16-26-31-14-20(17-35)34(26)15-21-7-10-32-38-21/h2-7,10,13-14,17-18H,8-9,11-12,15-16H2,1H3. The predicted molar refractivity (Wildman–Crippen MR) is 137 cm³/mol. The van der Waals surface area contributed by atoms with Gasteiger partial charge < -0.3 is 18.6 Å². The number of hydrogen-bond acceptors (Lipinski definition) is 7. The summed E-state index contributed by atoms with van der Waals surface area (Å²) in [5, 5.41) is 4.07. The number of hydrogen-bond donors (Lipinski definition) is 0. The fourth-order valence-electron chi connectivity index (χ4n) is 5.35. The quantitative estimate of drug-likeness (QED) is 0.286. The molecule has 2 aliphatic heterocycles. The highest BCUT2D eigenvalue weighted by molar-refractivity contribution is 6.30. The van der Waals surface area contributed by atoms with Crippen molar-refractivity contribution in [3.63, 3.8) is 0 Å². The Balaban J connectivity index is 1.15. The Kier molecular flexibility index (Phi) is 6.41. The highest BCUT2D eigenvalue weighted by Gasteiger charge is 2.43. The second-order valence-electron chi connectivity index (χ2n) is 9.78. The third-order valence-corrected chi connectivity index (χ3v) is 7.55. The Hall–Kier alpha value is -3.69. The SMILES string of the molecule is CC1(c2ccc(Cl)cc2F)Oc2cccc(C3CCN(Cc4ncc(C=O)n4Cc4ccno4)CC3)c2O1. The van der Waals surface area contributed by atoms with Gasteiger partial charge in [-0.25, -0.2) is 9.37 Å². The summed E-state index contributed by atoms with van der Waals surface area (Å²) in [4.78, 5) is 18.4. The van der Waals surface area contributed by atoms with Crippen LogP contribution >= 0.6 is 11.6 Å². The van der Waals surface area contributed by atoms with Crippen molar-refractivity contribution >= 4 is 17.9 Å². The number of likely N-dealkylation sites (tertiary alicyclic amines) is 1. The van der Waals surface area contributed by atoms with Gasteiger partial charge >= 0.3 is 0 Å². The molecule has 1 unspecified atom stereocenters. The highest BCUT2D eigenvalue weighted by atomic mass is 35.5. The molecule has 0 saturated carbocycles. The largest absolute Gasteiger partial charge is 0.444 e. The number of benzene rings is 2. The third kappa shape index (κ3) is 4.56. The van der Waals surface area contributed by atoms with Gasteiger partial charge in [0, 0.05) is 23.6 Å². The molecule has 10 heteroatoms. The van der Waals surface area contributed by atoms with E-state index < -0.39 is 11.6 Å². The molecule has 0 aliphatic carbocycles. The zero-order valence-electron chi connectivity index (χ0n) is 20.8. The van der Waals surface area contributed by atoms with E-state index in [1.54, 1.807) is 37.5 Å². The molecule has 38 heavy (non-hydrogen) atoms. The summed E-state index contributed by atoms with van der Waals surface area (Å²) in [6.45, 7) is 4.45. The van der Waals surface area contributed by atoms with Crippen molar-refractivity contribution < 1.29 is 23.2 Å². The highest BCUT2D eigenvalue weighted by Crippen LogP contribution is 2.49. The molecule has 0 bridgehead atoms. The average Bonchev–Trinajstić information content (AvgIpc) is 3.64. The van der Waals surface area contributed by atoms with Crippen LogP contribution in [0.25, 0.3) is 0 Å². The van der Waals surface area contributed by atoms with Gasteiger partial charge in [0.05, 0.1) is 31.0 Å². The number of aromatic nitrogens is 3. The van der Waals surface area contributed by atoms with E-state index in [0.29, 0.717) is 46.6 Å². The Morgan fingerprint density at radius 2 is 2.00 bits per heavy atom. The second kappa shape index (κ2) is 9.89. The van der Waals surface area contributed by atoms with Gasteiger partial charge in [0.1, 0.15) is 17.3 Å². The molecule has 8 nitrogen and oxygen atoms in total. The van der Waals surface area contributed by atoms with Crippen LogP contribution in [0, 0.1) is 5.82 Å². The monoisotopic (exact) mass is 536 g/mol. The molecule has 0 amide bonds. The molecule has 2 aromatic heterocycles. The molecule has 4 aromatic rings. The predicted octanol–water partition coefficient (Wildman–Crippen LogP) is 5.55. The van der Waals surface area contributed by atoms with Gasteiger partial charge in [0.25, 0.3) is 5.79 Å². The number of carbonyl (C=O) groups excluding carboxylic acids is 1. The number of ether oxygens (including phenoxy) is 2. The molecule has 0 spiro atoms. The molecular weight excluding hydrogens is 511 g/mol. The third-order valence-electron chi connectivity index (χ3n) is 7.32. The lowest BCUT2D eigenvalue weighted by Gasteiger charge is -2.32. The summed E-state index contributed by atoms with van der Waals surface area (Å²) in [5.41, 5.74) is 1.87. The number of rotatable bonds is 7. The molecule has 1 fully saturated rings. The van der Waals surface area contributed by atoms with Crippen molar-refractivity contribution in [2.45, 2.75) is 44.6 Å². The topological polar surface area (TPSA) is 82.6 Å². The normalized spacial score (nSPS) is 19.7. The number of para-hydroxylation sites is 1. The van der Waals surface area contributed by atoms with Crippen molar-refractivity contribution in [1.82, 2.24) is 19.6 Å². The Morgan fingerprint density at radius 3 is 2.74 bits per heavy atom. The van der Waals surface area contributed by atoms with E-state index in [9.17, 15) is 9.18 Å². The van der Waals surface area contributed by atoms with Crippen LogP contribution < -0.4 is 9.47 Å². The van der Waals surface area contributed by atoms with Crippen molar-refractivity contribution in [1.29, 1.82) is 0 Å². The van der Waals surface area contributed by atoms with Crippen LogP contribution in [0.3, 0.4) is 0 Å². The van der Waals surface area contributed by atoms with E-state index in [-0.39, 0.29) is 5.92 Å². The van der Waals surface area contributed by atoms with Crippen molar-refractivity contribution in [3.8, 4) is 11.5 Å². The number of nitrogens with zero attached hydrogens (tertiary/aromatic N) is 4. The molecule has 196 valence electrons. The van der Waals surface area contributed by atoms with Gasteiger partial charge in [-0.1, -0.05) is 28.9 Å². The minimum absolute atomic E-state index is 0.265. The van der Waals surface area contributed by atoms with Crippen LogP contribution in [0.5, 0.6) is 11.5 Å². The van der Waals surface area contributed by atoms with E-state index in [0.717, 1.165) is 43.6 Å². The maximum absolute atomic E-state index is 14.7. The lowest BCUT2D eigenvalue weighted by Crippen LogP contribution is -2.34. The van der Waals surface area contributed by atoms with E-state index in [1.165, 1.54) is 6.07 Å².